The Morgan fingerprint density at radius 1 is 1.24 bits per heavy atom. The summed E-state index contributed by atoms with van der Waals surface area (Å²) in [5, 5.41) is 8.68. The Bertz CT molecular complexity index is 626. The summed E-state index contributed by atoms with van der Waals surface area (Å²) in [5.41, 5.74) is 1.61. The predicted molar refractivity (Wildman–Crippen MR) is 81.6 cm³/mol. The standard InChI is InChI=1S/C15H20N2O3S/c18-11-5-8-14-6-4-7-15(12-14)13-16-21(19,20)17-9-2-1-3-10-17/h4,6-7,12,16,18H,1-3,9-11,13H2. The maximum Gasteiger partial charge on any atom is 0.279 e. The van der Waals surface area contributed by atoms with Crippen LogP contribution in [-0.4, -0.2) is 37.5 Å². The summed E-state index contributed by atoms with van der Waals surface area (Å²) in [6, 6.07) is 7.32. The van der Waals surface area contributed by atoms with E-state index in [1.165, 1.54) is 4.31 Å². The number of piperidine rings is 1. The Labute approximate surface area is 126 Å². The number of rotatable bonds is 4. The number of nitrogens with zero attached hydrogens (tertiary/aromatic N) is 1. The van der Waals surface area contributed by atoms with Gasteiger partial charge in [-0.1, -0.05) is 30.4 Å². The molecule has 5 nitrogen and oxygen atoms in total. The van der Waals surface area contributed by atoms with Crippen LogP contribution in [0.5, 0.6) is 0 Å². The highest BCUT2D eigenvalue weighted by molar-refractivity contribution is 7.87. The van der Waals surface area contributed by atoms with E-state index in [4.69, 9.17) is 5.11 Å². The van der Waals surface area contributed by atoms with Crippen LogP contribution in [0.4, 0.5) is 0 Å². The molecule has 2 N–H and O–H groups in total. The van der Waals surface area contributed by atoms with Crippen LogP contribution in [0.3, 0.4) is 0 Å². The zero-order valence-electron chi connectivity index (χ0n) is 11.9. The molecule has 0 bridgehead atoms. The zero-order valence-corrected chi connectivity index (χ0v) is 12.7. The minimum absolute atomic E-state index is 0.189. The Morgan fingerprint density at radius 2 is 2.00 bits per heavy atom. The van der Waals surface area contributed by atoms with Crippen molar-refractivity contribution in [2.75, 3.05) is 19.7 Å². The smallest absolute Gasteiger partial charge is 0.279 e. The van der Waals surface area contributed by atoms with Crippen molar-refractivity contribution < 1.29 is 13.5 Å². The molecule has 1 aromatic rings. The molecule has 1 aliphatic heterocycles. The first-order chi connectivity index (χ1) is 10.1. The molecule has 1 saturated heterocycles. The summed E-state index contributed by atoms with van der Waals surface area (Å²) < 4.78 is 28.5. The van der Waals surface area contributed by atoms with Gasteiger partial charge < -0.3 is 5.11 Å². The Balaban J connectivity index is 1.98. The number of hydrogen-bond donors (Lipinski definition) is 2. The molecule has 1 heterocycles. The van der Waals surface area contributed by atoms with Crippen molar-refractivity contribution >= 4 is 10.2 Å². The van der Waals surface area contributed by atoms with E-state index in [0.29, 0.717) is 13.1 Å². The van der Waals surface area contributed by atoms with Gasteiger partial charge in [-0.05, 0) is 30.5 Å². The molecular weight excluding hydrogens is 288 g/mol. The van der Waals surface area contributed by atoms with E-state index in [1.54, 1.807) is 0 Å². The molecule has 114 valence electrons. The van der Waals surface area contributed by atoms with Gasteiger partial charge >= 0.3 is 0 Å². The second kappa shape index (κ2) is 7.57. The van der Waals surface area contributed by atoms with Crippen molar-refractivity contribution in [2.45, 2.75) is 25.8 Å². The molecule has 0 unspecified atom stereocenters. The van der Waals surface area contributed by atoms with Crippen molar-refractivity contribution in [3.63, 3.8) is 0 Å². The van der Waals surface area contributed by atoms with Crippen LogP contribution in [0, 0.1) is 11.8 Å². The number of nitrogens with one attached hydrogen (secondary N) is 1. The van der Waals surface area contributed by atoms with Gasteiger partial charge in [-0.25, -0.2) is 0 Å². The molecule has 21 heavy (non-hydrogen) atoms. The van der Waals surface area contributed by atoms with E-state index in [9.17, 15) is 8.42 Å². The predicted octanol–water partition coefficient (Wildman–Crippen LogP) is 0.851. The van der Waals surface area contributed by atoms with Gasteiger partial charge in [0, 0.05) is 25.2 Å². The third-order valence-corrected chi connectivity index (χ3v) is 4.91. The van der Waals surface area contributed by atoms with Crippen LogP contribution in [0.15, 0.2) is 24.3 Å². The van der Waals surface area contributed by atoms with Crippen molar-refractivity contribution in [3.8, 4) is 11.8 Å². The monoisotopic (exact) mass is 308 g/mol. The van der Waals surface area contributed by atoms with Crippen LogP contribution in [0.2, 0.25) is 0 Å². The summed E-state index contributed by atoms with van der Waals surface area (Å²) in [5.74, 6) is 5.38. The quantitative estimate of drug-likeness (QED) is 0.810. The molecule has 0 saturated carbocycles. The highest BCUT2D eigenvalue weighted by Gasteiger charge is 2.23. The molecule has 0 atom stereocenters. The number of aliphatic hydroxyl groups is 1. The van der Waals surface area contributed by atoms with E-state index in [-0.39, 0.29) is 13.2 Å². The van der Waals surface area contributed by atoms with Crippen molar-refractivity contribution in [1.29, 1.82) is 0 Å². The summed E-state index contributed by atoms with van der Waals surface area (Å²) in [6.45, 7) is 1.24. The van der Waals surface area contributed by atoms with E-state index in [2.05, 4.69) is 16.6 Å². The zero-order chi connectivity index (χ0) is 15.1. The highest BCUT2D eigenvalue weighted by atomic mass is 32.2. The van der Waals surface area contributed by atoms with Crippen LogP contribution in [0.25, 0.3) is 0 Å². The second-order valence-corrected chi connectivity index (χ2v) is 6.70. The van der Waals surface area contributed by atoms with Crippen LogP contribution in [0.1, 0.15) is 30.4 Å². The third kappa shape index (κ3) is 4.83. The van der Waals surface area contributed by atoms with Crippen LogP contribution >= 0.6 is 0 Å². The molecule has 0 amide bonds. The summed E-state index contributed by atoms with van der Waals surface area (Å²) in [7, 11) is -3.40. The van der Waals surface area contributed by atoms with E-state index < -0.39 is 10.2 Å². The van der Waals surface area contributed by atoms with Gasteiger partial charge in [0.15, 0.2) is 0 Å². The topological polar surface area (TPSA) is 69.6 Å². The number of hydrogen-bond acceptors (Lipinski definition) is 3. The third-order valence-electron chi connectivity index (χ3n) is 3.35. The molecule has 1 fully saturated rings. The maximum atomic E-state index is 12.2. The fourth-order valence-electron chi connectivity index (χ4n) is 2.27. The minimum atomic E-state index is -3.40. The lowest BCUT2D eigenvalue weighted by molar-refractivity contribution is 0.341. The van der Waals surface area contributed by atoms with Gasteiger partial charge in [0.2, 0.25) is 0 Å². The normalized spacial score (nSPS) is 16.2. The van der Waals surface area contributed by atoms with Gasteiger partial charge in [0.05, 0.1) is 0 Å². The fourth-order valence-corrected chi connectivity index (χ4v) is 3.54. The Kier molecular flexibility index (Phi) is 5.76. The number of benzene rings is 1. The van der Waals surface area contributed by atoms with Crippen LogP contribution < -0.4 is 4.72 Å². The average molecular weight is 308 g/mol. The van der Waals surface area contributed by atoms with Gasteiger partial charge in [-0.3, -0.25) is 0 Å². The van der Waals surface area contributed by atoms with E-state index >= 15 is 0 Å². The molecule has 6 heteroatoms. The van der Waals surface area contributed by atoms with Crippen molar-refractivity contribution in [2.24, 2.45) is 0 Å². The second-order valence-electron chi connectivity index (χ2n) is 4.95. The fraction of sp³-hybridized carbons (Fsp3) is 0.467. The Morgan fingerprint density at radius 3 is 2.71 bits per heavy atom. The first-order valence-electron chi connectivity index (χ1n) is 7.05. The molecule has 1 aliphatic rings. The molecule has 2 rings (SSSR count). The first kappa shape index (κ1) is 16.0. The molecule has 0 radical (unpaired) electrons. The first-order valence-corrected chi connectivity index (χ1v) is 8.49. The Hall–Kier alpha value is -1.39. The van der Waals surface area contributed by atoms with E-state index in [0.717, 1.165) is 30.4 Å². The summed E-state index contributed by atoms with van der Waals surface area (Å²) >= 11 is 0. The lowest BCUT2D eigenvalue weighted by atomic mass is 10.1. The van der Waals surface area contributed by atoms with Gasteiger partial charge in [0.25, 0.3) is 10.2 Å². The largest absolute Gasteiger partial charge is 0.384 e. The van der Waals surface area contributed by atoms with Gasteiger partial charge in [0.1, 0.15) is 6.61 Å². The minimum Gasteiger partial charge on any atom is -0.384 e. The summed E-state index contributed by atoms with van der Waals surface area (Å²) in [6.07, 6.45) is 2.94. The molecule has 0 aromatic heterocycles. The molecule has 1 aromatic carbocycles. The van der Waals surface area contributed by atoms with Gasteiger partial charge in [-0.2, -0.15) is 17.4 Å². The SMILES string of the molecule is O=S(=O)(NCc1cccc(C#CCO)c1)N1CCCCC1. The van der Waals surface area contributed by atoms with Crippen molar-refractivity contribution in [3.05, 3.63) is 35.4 Å². The van der Waals surface area contributed by atoms with E-state index in [1.807, 2.05) is 24.3 Å². The van der Waals surface area contributed by atoms with Gasteiger partial charge in [-0.15, -0.1) is 0 Å². The lowest BCUT2D eigenvalue weighted by Crippen LogP contribution is -2.43. The van der Waals surface area contributed by atoms with Crippen molar-refractivity contribution in [1.82, 2.24) is 9.03 Å². The maximum absolute atomic E-state index is 12.2. The molecular formula is C15H20N2O3S. The summed E-state index contributed by atoms with van der Waals surface area (Å²) in [4.78, 5) is 0. The lowest BCUT2D eigenvalue weighted by Gasteiger charge is -2.25. The number of aliphatic hydroxyl groups excluding tert-OH is 1. The van der Waals surface area contributed by atoms with Crippen LogP contribution in [-0.2, 0) is 16.8 Å². The highest BCUT2D eigenvalue weighted by Crippen LogP contribution is 2.12. The molecule has 0 aliphatic carbocycles. The average Bonchev–Trinajstić information content (AvgIpc) is 2.52. The molecule has 0 spiro atoms.